The van der Waals surface area contributed by atoms with Crippen molar-refractivity contribution in [1.82, 2.24) is 0 Å². The second-order valence-electron chi connectivity index (χ2n) is 5.62. The van der Waals surface area contributed by atoms with Crippen LogP contribution in [0.5, 0.6) is 0 Å². The first-order valence-electron chi connectivity index (χ1n) is 6.46. The van der Waals surface area contributed by atoms with Crippen LogP contribution in [0, 0.1) is 5.41 Å². The zero-order valence-electron chi connectivity index (χ0n) is 12.2. The lowest BCUT2D eigenvalue weighted by Crippen LogP contribution is -2.36. The normalized spacial score (nSPS) is 12.5. The molecule has 5 heteroatoms. The molecule has 0 aromatic heterocycles. The SMILES string of the molecule is CCS(=O)(=O)c1ccc(N(C)CC(C)(C)CN)cc1. The van der Waals surface area contributed by atoms with Crippen LogP contribution in [0.25, 0.3) is 0 Å². The molecule has 0 saturated heterocycles. The molecule has 0 unspecified atom stereocenters. The third-order valence-electron chi connectivity index (χ3n) is 3.23. The molecule has 0 heterocycles. The first-order chi connectivity index (χ1) is 8.72. The van der Waals surface area contributed by atoms with Gasteiger partial charge in [-0.1, -0.05) is 20.8 Å². The standard InChI is InChI=1S/C14H24N2O2S/c1-5-19(17,18)13-8-6-12(7-9-13)16(4)11-14(2,3)10-15/h6-9H,5,10-11,15H2,1-4H3. The number of anilines is 1. The van der Waals surface area contributed by atoms with E-state index < -0.39 is 9.84 Å². The minimum atomic E-state index is -3.12. The first kappa shape index (κ1) is 16.0. The first-order valence-corrected chi connectivity index (χ1v) is 8.11. The highest BCUT2D eigenvalue weighted by molar-refractivity contribution is 7.91. The summed E-state index contributed by atoms with van der Waals surface area (Å²) in [6, 6.07) is 7.02. The summed E-state index contributed by atoms with van der Waals surface area (Å²) in [5.74, 6) is 0.127. The van der Waals surface area contributed by atoms with E-state index >= 15 is 0 Å². The Kier molecular flexibility index (Phi) is 4.98. The molecular formula is C14H24N2O2S. The second kappa shape index (κ2) is 5.92. The maximum absolute atomic E-state index is 11.7. The van der Waals surface area contributed by atoms with Gasteiger partial charge in [0.1, 0.15) is 0 Å². The van der Waals surface area contributed by atoms with Crippen molar-refractivity contribution in [2.24, 2.45) is 11.1 Å². The molecule has 0 fully saturated rings. The molecule has 0 saturated carbocycles. The van der Waals surface area contributed by atoms with E-state index in [9.17, 15) is 8.42 Å². The van der Waals surface area contributed by atoms with Crippen LogP contribution in [0.15, 0.2) is 29.2 Å². The Labute approximate surface area is 116 Å². The van der Waals surface area contributed by atoms with E-state index in [-0.39, 0.29) is 11.2 Å². The van der Waals surface area contributed by atoms with E-state index in [1.807, 2.05) is 19.2 Å². The van der Waals surface area contributed by atoms with Gasteiger partial charge in [-0.3, -0.25) is 0 Å². The van der Waals surface area contributed by atoms with Gasteiger partial charge in [-0.05, 0) is 36.2 Å². The van der Waals surface area contributed by atoms with Gasteiger partial charge in [0.05, 0.1) is 10.6 Å². The molecule has 0 atom stereocenters. The monoisotopic (exact) mass is 284 g/mol. The molecule has 0 aliphatic rings. The Balaban J connectivity index is 2.88. The fraction of sp³-hybridized carbons (Fsp3) is 0.571. The van der Waals surface area contributed by atoms with Gasteiger partial charge in [0.15, 0.2) is 9.84 Å². The fourth-order valence-electron chi connectivity index (χ4n) is 1.87. The van der Waals surface area contributed by atoms with Crippen molar-refractivity contribution >= 4 is 15.5 Å². The van der Waals surface area contributed by atoms with Crippen LogP contribution < -0.4 is 10.6 Å². The largest absolute Gasteiger partial charge is 0.374 e. The molecule has 0 radical (unpaired) electrons. The summed E-state index contributed by atoms with van der Waals surface area (Å²) < 4.78 is 23.5. The van der Waals surface area contributed by atoms with Crippen molar-refractivity contribution in [2.75, 3.05) is 30.8 Å². The molecule has 2 N–H and O–H groups in total. The van der Waals surface area contributed by atoms with Crippen LogP contribution in [0.1, 0.15) is 20.8 Å². The van der Waals surface area contributed by atoms with Crippen molar-refractivity contribution in [3.8, 4) is 0 Å². The summed E-state index contributed by atoms with van der Waals surface area (Å²) in [5, 5.41) is 0. The average Bonchev–Trinajstić information content (AvgIpc) is 2.38. The molecule has 0 spiro atoms. The molecule has 0 bridgehead atoms. The van der Waals surface area contributed by atoms with E-state index in [2.05, 4.69) is 18.7 Å². The van der Waals surface area contributed by atoms with Crippen LogP contribution in [0.3, 0.4) is 0 Å². The quantitative estimate of drug-likeness (QED) is 0.866. The summed E-state index contributed by atoms with van der Waals surface area (Å²) in [6.07, 6.45) is 0. The summed E-state index contributed by atoms with van der Waals surface area (Å²) in [7, 11) is -1.13. The molecule has 4 nitrogen and oxygen atoms in total. The van der Waals surface area contributed by atoms with E-state index in [0.717, 1.165) is 12.2 Å². The molecule has 0 amide bonds. The number of hydrogen-bond acceptors (Lipinski definition) is 4. The molecule has 108 valence electrons. The van der Waals surface area contributed by atoms with E-state index in [0.29, 0.717) is 11.4 Å². The summed E-state index contributed by atoms with van der Waals surface area (Å²) in [6.45, 7) is 7.31. The Bertz CT molecular complexity index is 507. The molecule has 19 heavy (non-hydrogen) atoms. The van der Waals surface area contributed by atoms with Gasteiger partial charge in [-0.15, -0.1) is 0 Å². The topological polar surface area (TPSA) is 63.4 Å². The molecule has 0 aliphatic carbocycles. The number of benzene rings is 1. The van der Waals surface area contributed by atoms with Gasteiger partial charge in [0.2, 0.25) is 0 Å². The van der Waals surface area contributed by atoms with Crippen molar-refractivity contribution in [3.63, 3.8) is 0 Å². The number of hydrogen-bond donors (Lipinski definition) is 1. The Hall–Kier alpha value is -1.07. The number of sulfone groups is 1. The van der Waals surface area contributed by atoms with Crippen molar-refractivity contribution in [2.45, 2.75) is 25.7 Å². The van der Waals surface area contributed by atoms with Crippen molar-refractivity contribution in [1.29, 1.82) is 0 Å². The van der Waals surface area contributed by atoms with Gasteiger partial charge in [-0.25, -0.2) is 8.42 Å². The summed E-state index contributed by atoms with van der Waals surface area (Å²) in [5.41, 5.74) is 6.75. The van der Waals surface area contributed by atoms with E-state index in [4.69, 9.17) is 5.73 Å². The highest BCUT2D eigenvalue weighted by Gasteiger charge is 2.19. The zero-order chi connectivity index (χ0) is 14.7. The lowest BCUT2D eigenvalue weighted by atomic mass is 9.93. The maximum Gasteiger partial charge on any atom is 0.178 e. The van der Waals surface area contributed by atoms with Gasteiger partial charge >= 0.3 is 0 Å². The molecule has 0 aliphatic heterocycles. The zero-order valence-corrected chi connectivity index (χ0v) is 13.0. The van der Waals surface area contributed by atoms with Crippen LogP contribution in [0.4, 0.5) is 5.69 Å². The minimum absolute atomic E-state index is 0.0307. The van der Waals surface area contributed by atoms with Crippen LogP contribution in [-0.2, 0) is 9.84 Å². The van der Waals surface area contributed by atoms with Crippen LogP contribution >= 0.6 is 0 Å². The van der Waals surface area contributed by atoms with Gasteiger partial charge in [-0.2, -0.15) is 0 Å². The predicted molar refractivity (Wildman–Crippen MR) is 80.3 cm³/mol. The summed E-state index contributed by atoms with van der Waals surface area (Å²) >= 11 is 0. The molecule has 1 aromatic rings. The van der Waals surface area contributed by atoms with Crippen molar-refractivity contribution < 1.29 is 8.42 Å². The molecule has 1 rings (SSSR count). The Morgan fingerprint density at radius 2 is 1.74 bits per heavy atom. The Morgan fingerprint density at radius 1 is 1.21 bits per heavy atom. The van der Waals surface area contributed by atoms with Gasteiger partial charge in [0.25, 0.3) is 0 Å². The van der Waals surface area contributed by atoms with E-state index in [1.165, 1.54) is 0 Å². The van der Waals surface area contributed by atoms with Crippen LogP contribution in [-0.4, -0.2) is 34.3 Å². The fourth-order valence-corrected chi connectivity index (χ4v) is 2.76. The molecule has 1 aromatic carbocycles. The van der Waals surface area contributed by atoms with E-state index in [1.54, 1.807) is 19.1 Å². The second-order valence-corrected chi connectivity index (χ2v) is 7.90. The smallest absolute Gasteiger partial charge is 0.178 e. The number of rotatable bonds is 6. The summed E-state index contributed by atoms with van der Waals surface area (Å²) in [4.78, 5) is 2.47. The average molecular weight is 284 g/mol. The molecular weight excluding hydrogens is 260 g/mol. The van der Waals surface area contributed by atoms with Gasteiger partial charge in [0, 0.05) is 19.3 Å². The highest BCUT2D eigenvalue weighted by Crippen LogP contribution is 2.22. The third-order valence-corrected chi connectivity index (χ3v) is 4.98. The van der Waals surface area contributed by atoms with Crippen LogP contribution in [0.2, 0.25) is 0 Å². The lowest BCUT2D eigenvalue weighted by Gasteiger charge is -2.30. The number of nitrogens with two attached hydrogens (primary N) is 1. The third kappa shape index (κ3) is 4.21. The predicted octanol–water partition coefficient (Wildman–Crippen LogP) is 1.90. The maximum atomic E-state index is 11.7. The van der Waals surface area contributed by atoms with Gasteiger partial charge < -0.3 is 10.6 Å². The Morgan fingerprint density at radius 3 is 2.16 bits per heavy atom. The highest BCUT2D eigenvalue weighted by atomic mass is 32.2. The van der Waals surface area contributed by atoms with Crippen molar-refractivity contribution in [3.05, 3.63) is 24.3 Å². The lowest BCUT2D eigenvalue weighted by molar-refractivity contribution is 0.385. The number of nitrogens with zero attached hydrogens (tertiary/aromatic N) is 1. The minimum Gasteiger partial charge on any atom is -0.374 e.